The Balaban J connectivity index is 1.83. The van der Waals surface area contributed by atoms with Crippen LogP contribution >= 0.6 is 0 Å². The molecule has 4 nitrogen and oxygen atoms in total. The van der Waals surface area contributed by atoms with Crippen molar-refractivity contribution in [3.05, 3.63) is 47.0 Å². The highest BCUT2D eigenvalue weighted by Crippen LogP contribution is 2.54. The zero-order chi connectivity index (χ0) is 14.6. The van der Waals surface area contributed by atoms with E-state index in [9.17, 15) is 10.2 Å². The number of hydrogen-bond acceptors (Lipinski definition) is 4. The van der Waals surface area contributed by atoms with Crippen LogP contribution in [0.1, 0.15) is 12.8 Å². The van der Waals surface area contributed by atoms with Crippen molar-refractivity contribution >= 4 is 6.21 Å². The first-order valence-corrected chi connectivity index (χ1v) is 7.49. The van der Waals surface area contributed by atoms with Crippen molar-refractivity contribution in [3.8, 4) is 0 Å². The molecule has 0 aromatic heterocycles. The van der Waals surface area contributed by atoms with Crippen LogP contribution in [-0.4, -0.2) is 35.7 Å². The summed E-state index contributed by atoms with van der Waals surface area (Å²) in [6, 6.07) is 0. The second kappa shape index (κ2) is 4.60. The summed E-state index contributed by atoms with van der Waals surface area (Å²) in [6.07, 6.45) is 10.6. The van der Waals surface area contributed by atoms with Gasteiger partial charge in [0.15, 0.2) is 11.9 Å². The molecule has 4 heteroatoms. The van der Waals surface area contributed by atoms with Crippen molar-refractivity contribution in [2.45, 2.75) is 25.0 Å². The lowest BCUT2D eigenvalue weighted by Crippen LogP contribution is -2.35. The van der Waals surface area contributed by atoms with Crippen LogP contribution in [0, 0.1) is 17.8 Å². The molecule has 1 aliphatic heterocycles. The van der Waals surface area contributed by atoms with E-state index in [1.54, 1.807) is 13.1 Å². The second-order valence-electron chi connectivity index (χ2n) is 6.16. The summed E-state index contributed by atoms with van der Waals surface area (Å²) in [5.74, 6) is 1.70. The van der Waals surface area contributed by atoms with Crippen LogP contribution < -0.4 is 0 Å². The Hall–Kier alpha value is -1.81. The first kappa shape index (κ1) is 12.9. The molecule has 5 unspecified atom stereocenters. The van der Waals surface area contributed by atoms with Gasteiger partial charge >= 0.3 is 0 Å². The minimum Gasteiger partial charge on any atom is -0.504 e. The molecular formula is C17H19NO3. The Kier molecular flexibility index (Phi) is 2.82. The van der Waals surface area contributed by atoms with E-state index in [4.69, 9.17) is 4.74 Å². The fourth-order valence-corrected chi connectivity index (χ4v) is 4.14. The van der Waals surface area contributed by atoms with Gasteiger partial charge in [-0.3, -0.25) is 0 Å². The third-order valence-corrected chi connectivity index (χ3v) is 5.05. The van der Waals surface area contributed by atoms with E-state index in [-0.39, 0.29) is 17.8 Å². The largest absolute Gasteiger partial charge is 0.504 e. The zero-order valence-corrected chi connectivity index (χ0v) is 11.9. The van der Waals surface area contributed by atoms with Gasteiger partial charge in [0.1, 0.15) is 11.9 Å². The van der Waals surface area contributed by atoms with Gasteiger partial charge in [0.25, 0.3) is 0 Å². The van der Waals surface area contributed by atoms with Crippen LogP contribution in [0.15, 0.2) is 52.0 Å². The molecule has 0 aromatic rings. The van der Waals surface area contributed by atoms with Crippen molar-refractivity contribution in [1.29, 1.82) is 0 Å². The number of nitrogens with zero attached hydrogens (tertiary/aromatic N) is 1. The van der Waals surface area contributed by atoms with E-state index in [1.165, 1.54) is 11.1 Å². The summed E-state index contributed by atoms with van der Waals surface area (Å²) in [7, 11) is 1.80. The molecule has 110 valence electrons. The standard InChI is InChI=1S/C17H19NO3/c1-18-7-6-9-8-10-2-4-12(19)16-14(10)15-11(9)3-5-13(20)17(15)21-16/h2-5,7,9-10,13-14,17,19-20H,6,8H2,1H3. The molecule has 4 aliphatic rings. The SMILES string of the molecule is CN=CCC1CC2C=CC(O)=C3OC4C(=C1C=CC4O)C32. The van der Waals surface area contributed by atoms with Gasteiger partial charge in [-0.25, -0.2) is 0 Å². The average Bonchev–Trinajstić information content (AvgIpc) is 2.90. The molecule has 0 amide bonds. The normalized spacial score (nSPS) is 40.0. The zero-order valence-electron chi connectivity index (χ0n) is 11.9. The molecule has 0 saturated carbocycles. The molecule has 2 N–H and O–H groups in total. The predicted octanol–water partition coefficient (Wildman–Crippen LogP) is 2.29. The van der Waals surface area contributed by atoms with Crippen molar-refractivity contribution in [3.63, 3.8) is 0 Å². The van der Waals surface area contributed by atoms with E-state index in [0.717, 1.165) is 12.8 Å². The molecule has 1 heterocycles. The molecule has 21 heavy (non-hydrogen) atoms. The number of aliphatic hydroxyl groups is 2. The van der Waals surface area contributed by atoms with Crippen LogP contribution in [-0.2, 0) is 4.74 Å². The molecule has 0 radical (unpaired) electrons. The van der Waals surface area contributed by atoms with Gasteiger partial charge in [-0.05, 0) is 48.1 Å². The summed E-state index contributed by atoms with van der Waals surface area (Å²) in [5.41, 5.74) is 2.44. The van der Waals surface area contributed by atoms with E-state index in [1.807, 2.05) is 18.4 Å². The number of rotatable bonds is 2. The van der Waals surface area contributed by atoms with Gasteiger partial charge in [0, 0.05) is 7.05 Å². The van der Waals surface area contributed by atoms with Gasteiger partial charge in [0.05, 0.1) is 5.92 Å². The molecule has 3 aliphatic carbocycles. The van der Waals surface area contributed by atoms with E-state index >= 15 is 0 Å². The van der Waals surface area contributed by atoms with Gasteiger partial charge < -0.3 is 19.9 Å². The Bertz CT molecular complexity index is 626. The van der Waals surface area contributed by atoms with Crippen molar-refractivity contribution in [1.82, 2.24) is 0 Å². The van der Waals surface area contributed by atoms with Crippen LogP contribution in [0.3, 0.4) is 0 Å². The van der Waals surface area contributed by atoms with Crippen LogP contribution in [0.4, 0.5) is 0 Å². The first-order valence-electron chi connectivity index (χ1n) is 7.49. The second-order valence-corrected chi connectivity index (χ2v) is 6.16. The summed E-state index contributed by atoms with van der Waals surface area (Å²) in [5, 5.41) is 20.3. The Morgan fingerprint density at radius 1 is 1.38 bits per heavy atom. The third-order valence-electron chi connectivity index (χ3n) is 5.05. The minimum atomic E-state index is -0.631. The van der Waals surface area contributed by atoms with Crippen molar-refractivity contribution in [2.75, 3.05) is 7.05 Å². The maximum atomic E-state index is 10.2. The Morgan fingerprint density at radius 2 is 2.24 bits per heavy atom. The molecule has 4 rings (SSSR count). The topological polar surface area (TPSA) is 62.1 Å². The highest BCUT2D eigenvalue weighted by Gasteiger charge is 2.51. The highest BCUT2D eigenvalue weighted by molar-refractivity contribution is 5.60. The van der Waals surface area contributed by atoms with Gasteiger partial charge in [-0.15, -0.1) is 0 Å². The van der Waals surface area contributed by atoms with Crippen molar-refractivity contribution < 1.29 is 14.9 Å². The Labute approximate surface area is 123 Å². The Morgan fingerprint density at radius 3 is 3.05 bits per heavy atom. The van der Waals surface area contributed by atoms with Gasteiger partial charge in [-0.2, -0.15) is 0 Å². The average molecular weight is 285 g/mol. The van der Waals surface area contributed by atoms with E-state index < -0.39 is 6.10 Å². The number of allylic oxidation sites excluding steroid dienone is 5. The molecule has 0 aromatic carbocycles. The van der Waals surface area contributed by atoms with Gasteiger partial charge in [-0.1, -0.05) is 18.2 Å². The summed E-state index contributed by atoms with van der Waals surface area (Å²) in [6.45, 7) is 0. The monoisotopic (exact) mass is 285 g/mol. The minimum absolute atomic E-state index is 0.101. The first-order chi connectivity index (χ1) is 10.2. The molecule has 0 spiro atoms. The number of aliphatic imine (C=N–C) groups is 1. The third kappa shape index (κ3) is 1.75. The maximum absolute atomic E-state index is 10.2. The summed E-state index contributed by atoms with van der Waals surface area (Å²) < 4.78 is 5.91. The fourth-order valence-electron chi connectivity index (χ4n) is 4.14. The quantitative estimate of drug-likeness (QED) is 0.765. The van der Waals surface area contributed by atoms with Crippen LogP contribution in [0.5, 0.6) is 0 Å². The summed E-state index contributed by atoms with van der Waals surface area (Å²) >= 11 is 0. The number of ether oxygens (including phenoxy) is 1. The maximum Gasteiger partial charge on any atom is 0.153 e. The van der Waals surface area contributed by atoms with Crippen molar-refractivity contribution in [2.24, 2.45) is 22.7 Å². The predicted molar refractivity (Wildman–Crippen MR) is 80.0 cm³/mol. The van der Waals surface area contributed by atoms with E-state index in [2.05, 4.69) is 11.1 Å². The molecule has 1 fully saturated rings. The molecule has 5 atom stereocenters. The number of aliphatic hydroxyl groups excluding tert-OH is 2. The van der Waals surface area contributed by atoms with E-state index in [0.29, 0.717) is 17.6 Å². The molecule has 0 bridgehead atoms. The van der Waals surface area contributed by atoms with Crippen LogP contribution in [0.25, 0.3) is 0 Å². The van der Waals surface area contributed by atoms with Crippen LogP contribution in [0.2, 0.25) is 0 Å². The number of hydrogen-bond donors (Lipinski definition) is 2. The smallest absolute Gasteiger partial charge is 0.153 e. The lowest BCUT2D eigenvalue weighted by Gasteiger charge is -2.37. The lowest BCUT2D eigenvalue weighted by molar-refractivity contribution is 0.0584. The van der Waals surface area contributed by atoms with Gasteiger partial charge in [0.2, 0.25) is 0 Å². The summed E-state index contributed by atoms with van der Waals surface area (Å²) in [4.78, 5) is 4.11. The molecular weight excluding hydrogens is 266 g/mol. The highest BCUT2D eigenvalue weighted by atomic mass is 16.5. The fraction of sp³-hybridized carbons (Fsp3) is 0.471. The lowest BCUT2D eigenvalue weighted by atomic mass is 9.65. The molecule has 1 saturated heterocycles.